The number of aryl methyl sites for hydroxylation is 2. The van der Waals surface area contributed by atoms with E-state index in [1.165, 1.54) is 0 Å². The number of Topliss-reactive ketones (excluding diaryl/α,β-unsaturated/α-hetero) is 1. The lowest BCUT2D eigenvalue weighted by Crippen LogP contribution is -2.08. The number of ketones is 1. The number of carbonyl (C=O) groups is 1. The van der Waals surface area contributed by atoms with Gasteiger partial charge in [-0.15, -0.1) is 0 Å². The number of hydrogen-bond acceptors (Lipinski definition) is 3. The van der Waals surface area contributed by atoms with Crippen LogP contribution in [-0.4, -0.2) is 15.8 Å². The molecule has 17 heavy (non-hydrogen) atoms. The Balaban J connectivity index is 2.20. The van der Waals surface area contributed by atoms with Crippen molar-refractivity contribution >= 4 is 5.78 Å². The minimum atomic E-state index is 0.00972. The van der Waals surface area contributed by atoms with Gasteiger partial charge < -0.3 is 0 Å². The van der Waals surface area contributed by atoms with Gasteiger partial charge in [0.25, 0.3) is 0 Å². The molecule has 0 aliphatic carbocycles. The van der Waals surface area contributed by atoms with Crippen molar-refractivity contribution in [1.29, 1.82) is 0 Å². The van der Waals surface area contributed by atoms with Gasteiger partial charge in [-0.25, -0.2) is 4.98 Å². The van der Waals surface area contributed by atoms with Gasteiger partial charge in [-0.1, -0.05) is 6.07 Å². The van der Waals surface area contributed by atoms with Crippen LogP contribution in [-0.2, 0) is 6.42 Å². The Kier molecular flexibility index (Phi) is 3.28. The Morgan fingerprint density at radius 3 is 2.71 bits per heavy atom. The number of hydrogen-bond donors (Lipinski definition) is 0. The SMILES string of the molecule is Cc1cc(C)nc(C(=O)Cc2ccccn2)c1. The van der Waals surface area contributed by atoms with Crippen LogP contribution in [0, 0.1) is 13.8 Å². The third-order valence-corrected chi connectivity index (χ3v) is 2.45. The van der Waals surface area contributed by atoms with E-state index in [-0.39, 0.29) is 5.78 Å². The molecule has 86 valence electrons. The maximum Gasteiger partial charge on any atom is 0.187 e. The average Bonchev–Trinajstić information content (AvgIpc) is 2.29. The summed E-state index contributed by atoms with van der Waals surface area (Å²) in [5, 5.41) is 0. The van der Waals surface area contributed by atoms with Crippen LogP contribution in [0.3, 0.4) is 0 Å². The summed E-state index contributed by atoms with van der Waals surface area (Å²) < 4.78 is 0. The Hall–Kier alpha value is -2.03. The van der Waals surface area contributed by atoms with Crippen LogP contribution in [0.1, 0.15) is 27.4 Å². The largest absolute Gasteiger partial charge is 0.292 e. The molecule has 2 heterocycles. The van der Waals surface area contributed by atoms with Gasteiger partial charge >= 0.3 is 0 Å². The molecule has 0 aliphatic heterocycles. The molecule has 3 heteroatoms. The summed E-state index contributed by atoms with van der Waals surface area (Å²) in [6, 6.07) is 9.34. The van der Waals surface area contributed by atoms with E-state index in [1.807, 2.05) is 44.2 Å². The number of rotatable bonds is 3. The molecule has 0 fully saturated rings. The van der Waals surface area contributed by atoms with E-state index in [0.717, 1.165) is 17.0 Å². The van der Waals surface area contributed by atoms with E-state index in [0.29, 0.717) is 12.1 Å². The van der Waals surface area contributed by atoms with Gasteiger partial charge in [0, 0.05) is 17.6 Å². The average molecular weight is 226 g/mol. The monoisotopic (exact) mass is 226 g/mol. The van der Waals surface area contributed by atoms with Crippen LogP contribution >= 0.6 is 0 Å². The number of pyridine rings is 2. The third kappa shape index (κ3) is 2.97. The zero-order valence-corrected chi connectivity index (χ0v) is 9.97. The fourth-order valence-corrected chi connectivity index (χ4v) is 1.74. The van der Waals surface area contributed by atoms with Gasteiger partial charge in [0.1, 0.15) is 5.69 Å². The van der Waals surface area contributed by atoms with Crippen LogP contribution in [0.2, 0.25) is 0 Å². The maximum atomic E-state index is 12.0. The Morgan fingerprint density at radius 1 is 1.24 bits per heavy atom. The summed E-state index contributed by atoms with van der Waals surface area (Å²) in [5.41, 5.74) is 3.22. The highest BCUT2D eigenvalue weighted by Gasteiger charge is 2.10. The summed E-state index contributed by atoms with van der Waals surface area (Å²) in [7, 11) is 0. The smallest absolute Gasteiger partial charge is 0.187 e. The van der Waals surface area contributed by atoms with Crippen molar-refractivity contribution in [1.82, 2.24) is 9.97 Å². The zero-order valence-electron chi connectivity index (χ0n) is 9.97. The van der Waals surface area contributed by atoms with Crippen molar-refractivity contribution < 1.29 is 4.79 Å². The maximum absolute atomic E-state index is 12.0. The fraction of sp³-hybridized carbons (Fsp3) is 0.214. The van der Waals surface area contributed by atoms with E-state index >= 15 is 0 Å². The van der Waals surface area contributed by atoms with Gasteiger partial charge in [0.15, 0.2) is 5.78 Å². The first-order chi connectivity index (χ1) is 8.15. The first-order valence-corrected chi connectivity index (χ1v) is 5.53. The molecular formula is C14H14N2O. The second kappa shape index (κ2) is 4.87. The number of carbonyl (C=O) groups excluding carboxylic acids is 1. The van der Waals surface area contributed by atoms with Crippen LogP contribution in [0.5, 0.6) is 0 Å². The lowest BCUT2D eigenvalue weighted by atomic mass is 10.1. The molecule has 0 N–H and O–H groups in total. The van der Waals surface area contributed by atoms with Gasteiger partial charge in [-0.3, -0.25) is 9.78 Å². The molecular weight excluding hydrogens is 212 g/mol. The second-order valence-electron chi connectivity index (χ2n) is 4.09. The topological polar surface area (TPSA) is 42.9 Å². The highest BCUT2D eigenvalue weighted by atomic mass is 16.1. The highest BCUT2D eigenvalue weighted by Crippen LogP contribution is 2.07. The molecule has 0 aromatic carbocycles. The lowest BCUT2D eigenvalue weighted by molar-refractivity contribution is 0.0987. The van der Waals surface area contributed by atoms with E-state index < -0.39 is 0 Å². The summed E-state index contributed by atoms with van der Waals surface area (Å²) in [6.45, 7) is 3.86. The highest BCUT2D eigenvalue weighted by molar-refractivity contribution is 5.95. The Labute approximate surface area is 101 Å². The molecule has 0 saturated carbocycles. The van der Waals surface area contributed by atoms with Crippen molar-refractivity contribution in [3.63, 3.8) is 0 Å². The first kappa shape index (κ1) is 11.5. The first-order valence-electron chi connectivity index (χ1n) is 5.53. The predicted molar refractivity (Wildman–Crippen MR) is 66.0 cm³/mol. The number of aromatic nitrogens is 2. The van der Waals surface area contributed by atoms with Crippen LogP contribution in [0.4, 0.5) is 0 Å². The van der Waals surface area contributed by atoms with Crippen molar-refractivity contribution in [2.75, 3.05) is 0 Å². The van der Waals surface area contributed by atoms with Crippen LogP contribution in [0.25, 0.3) is 0 Å². The molecule has 0 amide bonds. The molecule has 0 saturated heterocycles. The van der Waals surface area contributed by atoms with E-state index in [2.05, 4.69) is 9.97 Å². The molecule has 0 bridgehead atoms. The molecule has 2 aromatic heterocycles. The van der Waals surface area contributed by atoms with Crippen molar-refractivity contribution in [2.45, 2.75) is 20.3 Å². The third-order valence-electron chi connectivity index (χ3n) is 2.45. The lowest BCUT2D eigenvalue weighted by Gasteiger charge is -2.03. The summed E-state index contributed by atoms with van der Waals surface area (Å²) in [4.78, 5) is 20.4. The molecule has 3 nitrogen and oxygen atoms in total. The molecule has 0 radical (unpaired) electrons. The molecule has 0 unspecified atom stereocenters. The van der Waals surface area contributed by atoms with Gasteiger partial charge in [-0.05, 0) is 43.7 Å². The standard InChI is InChI=1S/C14H14N2O/c1-10-7-11(2)16-13(8-10)14(17)9-12-5-3-4-6-15-12/h3-8H,9H2,1-2H3. The molecule has 0 aliphatic rings. The number of nitrogens with zero attached hydrogens (tertiary/aromatic N) is 2. The summed E-state index contributed by atoms with van der Waals surface area (Å²) >= 11 is 0. The molecule has 2 rings (SSSR count). The second-order valence-corrected chi connectivity index (χ2v) is 4.09. The molecule has 0 atom stereocenters. The minimum absolute atomic E-state index is 0.00972. The van der Waals surface area contributed by atoms with Crippen LogP contribution in [0.15, 0.2) is 36.5 Å². The van der Waals surface area contributed by atoms with Crippen molar-refractivity contribution in [3.8, 4) is 0 Å². The van der Waals surface area contributed by atoms with Crippen LogP contribution < -0.4 is 0 Å². The van der Waals surface area contributed by atoms with Gasteiger partial charge in [0.2, 0.25) is 0 Å². The van der Waals surface area contributed by atoms with Gasteiger partial charge in [0.05, 0.1) is 6.42 Å². The Morgan fingerprint density at radius 2 is 2.06 bits per heavy atom. The van der Waals surface area contributed by atoms with Crippen molar-refractivity contribution in [3.05, 3.63) is 59.2 Å². The van der Waals surface area contributed by atoms with Gasteiger partial charge in [-0.2, -0.15) is 0 Å². The van der Waals surface area contributed by atoms with E-state index in [4.69, 9.17) is 0 Å². The molecule has 2 aromatic rings. The van der Waals surface area contributed by atoms with E-state index in [1.54, 1.807) is 6.20 Å². The fourth-order valence-electron chi connectivity index (χ4n) is 1.74. The zero-order chi connectivity index (χ0) is 12.3. The Bertz CT molecular complexity index is 515. The summed E-state index contributed by atoms with van der Waals surface area (Å²) in [6.07, 6.45) is 1.99. The minimum Gasteiger partial charge on any atom is -0.292 e. The normalized spacial score (nSPS) is 10.2. The predicted octanol–water partition coefficient (Wildman–Crippen LogP) is 2.52. The van der Waals surface area contributed by atoms with Crippen molar-refractivity contribution in [2.24, 2.45) is 0 Å². The summed E-state index contributed by atoms with van der Waals surface area (Å²) in [5.74, 6) is 0.00972. The van der Waals surface area contributed by atoms with E-state index in [9.17, 15) is 4.79 Å². The quantitative estimate of drug-likeness (QED) is 0.755. The molecule has 0 spiro atoms.